The molecule has 1 aromatic heterocycles. The van der Waals surface area contributed by atoms with Gasteiger partial charge in [0.2, 0.25) is 11.8 Å². The van der Waals surface area contributed by atoms with E-state index < -0.39 is 0 Å². The van der Waals surface area contributed by atoms with Crippen LogP contribution < -0.4 is 11.0 Å². The van der Waals surface area contributed by atoms with E-state index in [4.69, 9.17) is 0 Å². The molecule has 1 N–H and O–H groups in total. The number of benzene rings is 1. The molecule has 0 bridgehead atoms. The summed E-state index contributed by atoms with van der Waals surface area (Å²) in [5.74, 6) is 0.305. The molecule has 1 saturated heterocycles. The average molecular weight is 397 g/mol. The highest BCUT2D eigenvalue weighted by molar-refractivity contribution is 5.93. The number of aromatic nitrogens is 3. The van der Waals surface area contributed by atoms with Gasteiger partial charge < -0.3 is 10.2 Å². The predicted molar refractivity (Wildman–Crippen MR) is 108 cm³/mol. The van der Waals surface area contributed by atoms with Gasteiger partial charge in [0.25, 0.3) is 0 Å². The molecular weight excluding hydrogens is 370 g/mol. The quantitative estimate of drug-likeness (QED) is 0.850. The molecule has 29 heavy (non-hydrogen) atoms. The lowest BCUT2D eigenvalue weighted by Gasteiger charge is -2.32. The Bertz CT molecular complexity index is 934. The summed E-state index contributed by atoms with van der Waals surface area (Å²) >= 11 is 0. The number of fused-ring (bicyclic) bond motifs is 1. The number of para-hydroxylation sites is 1. The monoisotopic (exact) mass is 397 g/mol. The topological polar surface area (TPSA) is 89.2 Å². The lowest BCUT2D eigenvalue weighted by Crippen LogP contribution is -2.45. The van der Waals surface area contributed by atoms with Crippen molar-refractivity contribution < 1.29 is 9.59 Å². The van der Waals surface area contributed by atoms with Gasteiger partial charge in [-0.1, -0.05) is 24.6 Å². The molecule has 0 aliphatic carbocycles. The molecule has 2 aromatic rings. The first-order valence-electron chi connectivity index (χ1n) is 10.4. The van der Waals surface area contributed by atoms with E-state index in [-0.39, 0.29) is 30.0 Å². The minimum Gasteiger partial charge on any atom is -0.340 e. The molecule has 154 valence electrons. The number of carbonyl (C=O) groups excluding carboxylic acids is 2. The van der Waals surface area contributed by atoms with Gasteiger partial charge in [0.05, 0.1) is 5.92 Å². The first-order chi connectivity index (χ1) is 14.1. The van der Waals surface area contributed by atoms with Crippen molar-refractivity contribution in [3.8, 4) is 0 Å². The summed E-state index contributed by atoms with van der Waals surface area (Å²) in [4.78, 5) is 39.7. The Morgan fingerprint density at radius 2 is 1.90 bits per heavy atom. The lowest BCUT2D eigenvalue weighted by molar-refractivity contribution is -0.135. The SMILES string of the molecule is O=C(Nc1ccccc1)C1CCCN(C(=O)Cn2nc3n(c2=O)CCCCC3)C1. The Labute approximate surface area is 169 Å². The zero-order valence-electron chi connectivity index (χ0n) is 16.5. The van der Waals surface area contributed by atoms with Crippen LogP contribution >= 0.6 is 0 Å². The summed E-state index contributed by atoms with van der Waals surface area (Å²) in [5.41, 5.74) is 0.553. The molecular formula is C21H27N5O3. The zero-order chi connectivity index (χ0) is 20.2. The van der Waals surface area contributed by atoms with Gasteiger partial charge in [0.15, 0.2) is 0 Å². The van der Waals surface area contributed by atoms with Crippen molar-refractivity contribution in [3.05, 3.63) is 46.6 Å². The summed E-state index contributed by atoms with van der Waals surface area (Å²) in [5, 5.41) is 7.32. The first kappa shape index (κ1) is 19.4. The van der Waals surface area contributed by atoms with Crippen LogP contribution in [0.5, 0.6) is 0 Å². The molecule has 2 amide bonds. The predicted octanol–water partition coefficient (Wildman–Crippen LogP) is 1.65. The number of amides is 2. The van der Waals surface area contributed by atoms with Gasteiger partial charge in [-0.3, -0.25) is 14.2 Å². The van der Waals surface area contributed by atoms with Crippen LogP contribution in [-0.4, -0.2) is 44.2 Å². The molecule has 4 rings (SSSR count). The third-order valence-corrected chi connectivity index (χ3v) is 5.75. The Kier molecular flexibility index (Phi) is 5.78. The van der Waals surface area contributed by atoms with Crippen molar-refractivity contribution in [2.24, 2.45) is 5.92 Å². The van der Waals surface area contributed by atoms with Crippen LogP contribution in [0.2, 0.25) is 0 Å². The van der Waals surface area contributed by atoms with Gasteiger partial charge in [0.1, 0.15) is 12.4 Å². The van der Waals surface area contributed by atoms with Crippen LogP contribution in [0, 0.1) is 5.92 Å². The van der Waals surface area contributed by atoms with Crippen LogP contribution in [0.1, 0.15) is 37.9 Å². The molecule has 1 fully saturated rings. The Morgan fingerprint density at radius 3 is 2.72 bits per heavy atom. The van der Waals surface area contributed by atoms with E-state index >= 15 is 0 Å². The van der Waals surface area contributed by atoms with Gasteiger partial charge in [-0.2, -0.15) is 5.10 Å². The number of piperidine rings is 1. The fraction of sp³-hybridized carbons (Fsp3) is 0.524. The molecule has 1 aromatic carbocycles. The maximum atomic E-state index is 12.8. The van der Waals surface area contributed by atoms with Gasteiger partial charge in [-0.25, -0.2) is 9.48 Å². The molecule has 2 aliphatic rings. The van der Waals surface area contributed by atoms with Crippen molar-refractivity contribution >= 4 is 17.5 Å². The van der Waals surface area contributed by atoms with Crippen LogP contribution in [0.15, 0.2) is 35.1 Å². The van der Waals surface area contributed by atoms with E-state index in [9.17, 15) is 14.4 Å². The summed E-state index contributed by atoms with van der Waals surface area (Å²) in [7, 11) is 0. The van der Waals surface area contributed by atoms with Crippen LogP contribution in [0.3, 0.4) is 0 Å². The largest absolute Gasteiger partial charge is 0.346 e. The molecule has 3 heterocycles. The number of hydrogen-bond donors (Lipinski definition) is 1. The number of carbonyl (C=O) groups is 2. The van der Waals surface area contributed by atoms with Crippen molar-refractivity contribution in [3.63, 3.8) is 0 Å². The second kappa shape index (κ2) is 8.63. The number of nitrogens with one attached hydrogen (secondary N) is 1. The summed E-state index contributed by atoms with van der Waals surface area (Å²) < 4.78 is 2.99. The molecule has 8 heteroatoms. The normalized spacial score (nSPS) is 19.3. The molecule has 1 unspecified atom stereocenters. The van der Waals surface area contributed by atoms with Gasteiger partial charge in [-0.15, -0.1) is 0 Å². The molecule has 0 spiro atoms. The molecule has 1 atom stereocenters. The Morgan fingerprint density at radius 1 is 1.07 bits per heavy atom. The number of aryl methyl sites for hydroxylation is 1. The highest BCUT2D eigenvalue weighted by atomic mass is 16.2. The summed E-state index contributed by atoms with van der Waals surface area (Å²) in [6.45, 7) is 1.59. The molecule has 0 radical (unpaired) electrons. The molecule has 8 nitrogen and oxygen atoms in total. The van der Waals surface area contributed by atoms with Crippen LogP contribution in [0.25, 0.3) is 0 Å². The van der Waals surface area contributed by atoms with Crippen LogP contribution in [0.4, 0.5) is 5.69 Å². The van der Waals surface area contributed by atoms with Crippen molar-refractivity contribution in [2.45, 2.75) is 51.6 Å². The second-order valence-electron chi connectivity index (χ2n) is 7.85. The Balaban J connectivity index is 1.39. The summed E-state index contributed by atoms with van der Waals surface area (Å²) in [6.07, 6.45) is 5.39. The fourth-order valence-corrected chi connectivity index (χ4v) is 4.14. The zero-order valence-corrected chi connectivity index (χ0v) is 16.5. The minimum absolute atomic E-state index is 0.0636. The van der Waals surface area contributed by atoms with E-state index in [0.29, 0.717) is 19.6 Å². The second-order valence-corrected chi connectivity index (χ2v) is 7.85. The third-order valence-electron chi connectivity index (χ3n) is 5.75. The first-order valence-corrected chi connectivity index (χ1v) is 10.4. The molecule has 0 saturated carbocycles. The van der Waals surface area contributed by atoms with Crippen molar-refractivity contribution in [1.82, 2.24) is 19.2 Å². The highest BCUT2D eigenvalue weighted by Crippen LogP contribution is 2.19. The van der Waals surface area contributed by atoms with E-state index in [1.54, 1.807) is 9.47 Å². The standard InChI is InChI=1S/C21H27N5O3/c27-19(15-26-21(29)25-13-6-2-5-11-18(25)23-26)24-12-7-8-16(14-24)20(28)22-17-9-3-1-4-10-17/h1,3-4,9-10,16H,2,5-8,11-15H2,(H,22,28). The number of hydrogen-bond acceptors (Lipinski definition) is 4. The minimum atomic E-state index is -0.247. The highest BCUT2D eigenvalue weighted by Gasteiger charge is 2.29. The van der Waals surface area contributed by atoms with E-state index in [1.807, 2.05) is 30.3 Å². The molecule has 2 aliphatic heterocycles. The van der Waals surface area contributed by atoms with E-state index in [1.165, 1.54) is 4.68 Å². The number of rotatable bonds is 4. The number of likely N-dealkylation sites (tertiary alicyclic amines) is 1. The number of nitrogens with zero attached hydrogens (tertiary/aromatic N) is 4. The van der Waals surface area contributed by atoms with Gasteiger partial charge in [-0.05, 0) is 37.8 Å². The summed E-state index contributed by atoms with van der Waals surface area (Å²) in [6, 6.07) is 9.33. The smallest absolute Gasteiger partial charge is 0.340 e. The van der Waals surface area contributed by atoms with Crippen molar-refractivity contribution in [2.75, 3.05) is 18.4 Å². The number of anilines is 1. The van der Waals surface area contributed by atoms with Crippen molar-refractivity contribution in [1.29, 1.82) is 0 Å². The maximum Gasteiger partial charge on any atom is 0.346 e. The maximum absolute atomic E-state index is 12.8. The fourth-order valence-electron chi connectivity index (χ4n) is 4.14. The lowest BCUT2D eigenvalue weighted by atomic mass is 9.97. The average Bonchev–Trinajstić information content (AvgIpc) is 2.90. The van der Waals surface area contributed by atoms with E-state index in [2.05, 4.69) is 10.4 Å². The van der Waals surface area contributed by atoms with Crippen LogP contribution in [-0.2, 0) is 29.1 Å². The van der Waals surface area contributed by atoms with Gasteiger partial charge >= 0.3 is 5.69 Å². The third kappa shape index (κ3) is 4.41. The van der Waals surface area contributed by atoms with E-state index in [0.717, 1.165) is 50.0 Å². The van der Waals surface area contributed by atoms with Gasteiger partial charge in [0, 0.05) is 31.7 Å². The Hall–Kier alpha value is -2.90.